The van der Waals surface area contributed by atoms with Crippen LogP contribution < -0.4 is 14.8 Å². The molecule has 1 saturated heterocycles. The number of amidine groups is 1. The van der Waals surface area contributed by atoms with Crippen LogP contribution >= 0.6 is 11.8 Å². The number of amides is 1. The summed E-state index contributed by atoms with van der Waals surface area (Å²) >= 11 is 1.09. The first-order chi connectivity index (χ1) is 14.9. The predicted octanol–water partition coefficient (Wildman–Crippen LogP) is 4.17. The molecule has 1 heterocycles. The minimum Gasteiger partial charge on any atom is -0.508 e. The molecule has 2 aromatic carbocycles. The van der Waals surface area contributed by atoms with Gasteiger partial charge in [-0.2, -0.15) is 0 Å². The Balaban J connectivity index is 1.82. The fraction of sp³-hybridized carbons (Fsp3) is 0.227. The van der Waals surface area contributed by atoms with Crippen LogP contribution in [0.5, 0.6) is 17.2 Å². The Morgan fingerprint density at radius 2 is 2.03 bits per heavy atom. The second-order valence-corrected chi connectivity index (χ2v) is 7.63. The van der Waals surface area contributed by atoms with Crippen molar-refractivity contribution in [3.05, 3.63) is 52.4 Å². The molecule has 1 amide bonds. The van der Waals surface area contributed by atoms with Gasteiger partial charge in [0.25, 0.3) is 5.91 Å². The molecule has 0 unspecified atom stereocenters. The summed E-state index contributed by atoms with van der Waals surface area (Å²) in [7, 11) is 1.55. The van der Waals surface area contributed by atoms with E-state index in [9.17, 15) is 19.8 Å². The van der Waals surface area contributed by atoms with E-state index in [2.05, 4.69) is 17.2 Å². The Labute approximate surface area is 183 Å². The van der Waals surface area contributed by atoms with Gasteiger partial charge in [-0.3, -0.25) is 4.79 Å². The summed E-state index contributed by atoms with van der Waals surface area (Å²) in [5.41, 5.74) is 0.710. The summed E-state index contributed by atoms with van der Waals surface area (Å²) in [4.78, 5) is 28.4. The van der Waals surface area contributed by atoms with E-state index in [1.165, 1.54) is 12.1 Å². The van der Waals surface area contributed by atoms with Crippen LogP contribution in [0.2, 0.25) is 0 Å². The molecule has 8 nitrogen and oxygen atoms in total. The number of methoxy groups -OCH3 is 1. The number of carbonyl (C=O) groups is 2. The zero-order valence-electron chi connectivity index (χ0n) is 17.0. The van der Waals surface area contributed by atoms with E-state index in [1.54, 1.807) is 25.3 Å². The number of carboxylic acid groups (broad SMARTS) is 1. The average molecular weight is 442 g/mol. The number of nitrogens with one attached hydrogen (secondary N) is 1. The largest absolute Gasteiger partial charge is 0.508 e. The molecular weight excluding hydrogens is 420 g/mol. The van der Waals surface area contributed by atoms with Gasteiger partial charge in [0.2, 0.25) is 0 Å². The van der Waals surface area contributed by atoms with Gasteiger partial charge in [0.05, 0.1) is 29.9 Å². The van der Waals surface area contributed by atoms with Crippen molar-refractivity contribution in [1.82, 2.24) is 5.32 Å². The number of aromatic carboxylic acids is 1. The van der Waals surface area contributed by atoms with Gasteiger partial charge < -0.3 is 25.0 Å². The molecule has 3 N–H and O–H groups in total. The van der Waals surface area contributed by atoms with Gasteiger partial charge in [0, 0.05) is 0 Å². The van der Waals surface area contributed by atoms with Gasteiger partial charge in [-0.15, -0.1) is 0 Å². The van der Waals surface area contributed by atoms with E-state index in [4.69, 9.17) is 9.47 Å². The average Bonchev–Trinajstić information content (AvgIpc) is 3.08. The number of aliphatic imine (C=N–C) groups is 1. The van der Waals surface area contributed by atoms with E-state index in [0.717, 1.165) is 36.2 Å². The summed E-state index contributed by atoms with van der Waals surface area (Å²) in [5, 5.41) is 21.7. The van der Waals surface area contributed by atoms with Gasteiger partial charge >= 0.3 is 5.97 Å². The van der Waals surface area contributed by atoms with E-state index >= 15 is 0 Å². The Kier molecular flexibility index (Phi) is 7.19. The molecular formula is C22H22N2O6S. The number of aromatic hydroxyl groups is 1. The predicted molar refractivity (Wildman–Crippen MR) is 119 cm³/mol. The second kappa shape index (κ2) is 10.0. The summed E-state index contributed by atoms with van der Waals surface area (Å²) in [6, 6.07) is 9.21. The second-order valence-electron chi connectivity index (χ2n) is 6.60. The van der Waals surface area contributed by atoms with Crippen LogP contribution in [-0.4, -0.2) is 41.0 Å². The van der Waals surface area contributed by atoms with E-state index in [-0.39, 0.29) is 28.1 Å². The van der Waals surface area contributed by atoms with Crippen LogP contribution in [0.15, 0.2) is 46.3 Å². The molecule has 31 heavy (non-hydrogen) atoms. The lowest BCUT2D eigenvalue weighted by Crippen LogP contribution is -2.19. The van der Waals surface area contributed by atoms with Gasteiger partial charge in [0.1, 0.15) is 5.75 Å². The van der Waals surface area contributed by atoms with Gasteiger partial charge in [0.15, 0.2) is 16.7 Å². The Morgan fingerprint density at radius 1 is 1.23 bits per heavy atom. The molecule has 1 aliphatic rings. The number of phenolic OH excluding ortho intramolecular Hbond substituents is 1. The number of benzene rings is 2. The van der Waals surface area contributed by atoms with E-state index < -0.39 is 5.97 Å². The topological polar surface area (TPSA) is 117 Å². The minimum absolute atomic E-state index is 0.129. The fourth-order valence-corrected chi connectivity index (χ4v) is 3.59. The smallest absolute Gasteiger partial charge is 0.338 e. The van der Waals surface area contributed by atoms with Crippen molar-refractivity contribution in [3.8, 4) is 17.2 Å². The van der Waals surface area contributed by atoms with Crippen molar-refractivity contribution in [2.75, 3.05) is 13.7 Å². The highest BCUT2D eigenvalue weighted by Crippen LogP contribution is 2.33. The third-order valence-corrected chi connectivity index (χ3v) is 5.23. The quantitative estimate of drug-likeness (QED) is 0.415. The molecule has 1 fully saturated rings. The molecule has 162 valence electrons. The number of thioether (sulfide) groups is 1. The standard InChI is InChI=1S/C22H22N2O6S/c1-3-4-9-30-17-8-5-13(10-18(17)29-2)11-19-20(26)24-22(31-19)23-16-7-6-14(25)12-15(16)21(27)28/h5-8,10-12,25H,3-4,9H2,1-2H3,(H,27,28)(H,23,24,26)/b19-11-. The van der Waals surface area contributed by atoms with Crippen molar-refractivity contribution < 1.29 is 29.3 Å². The maximum atomic E-state index is 12.4. The number of unbranched alkanes of at least 4 members (excludes halogenated alkanes) is 1. The Hall–Kier alpha value is -3.46. The van der Waals surface area contributed by atoms with Crippen molar-refractivity contribution in [3.63, 3.8) is 0 Å². The van der Waals surface area contributed by atoms with E-state index in [1.807, 2.05) is 6.07 Å². The third-order valence-electron chi connectivity index (χ3n) is 4.32. The number of hydrogen-bond donors (Lipinski definition) is 3. The Morgan fingerprint density at radius 3 is 2.74 bits per heavy atom. The lowest BCUT2D eigenvalue weighted by molar-refractivity contribution is -0.115. The number of carbonyl (C=O) groups excluding carboxylic acids is 1. The van der Waals surface area contributed by atoms with Gasteiger partial charge in [-0.05, 0) is 60.2 Å². The monoisotopic (exact) mass is 442 g/mol. The summed E-state index contributed by atoms with van der Waals surface area (Å²) < 4.78 is 11.1. The van der Waals surface area contributed by atoms with Crippen LogP contribution in [0, 0.1) is 0 Å². The zero-order valence-corrected chi connectivity index (χ0v) is 17.9. The van der Waals surface area contributed by atoms with Crippen molar-refractivity contribution in [2.24, 2.45) is 4.99 Å². The van der Waals surface area contributed by atoms with Crippen LogP contribution in [0.25, 0.3) is 6.08 Å². The van der Waals surface area contributed by atoms with Crippen LogP contribution in [0.1, 0.15) is 35.7 Å². The highest BCUT2D eigenvalue weighted by atomic mass is 32.2. The zero-order chi connectivity index (χ0) is 22.4. The molecule has 0 radical (unpaired) electrons. The first kappa shape index (κ1) is 22.2. The molecule has 1 aliphatic heterocycles. The molecule has 0 aliphatic carbocycles. The molecule has 0 spiro atoms. The maximum absolute atomic E-state index is 12.4. The highest BCUT2D eigenvalue weighted by molar-refractivity contribution is 8.18. The molecule has 0 bridgehead atoms. The SMILES string of the molecule is CCCCOc1ccc(/C=C2\SC(=Nc3ccc(O)cc3C(=O)O)NC2=O)cc1OC. The number of nitrogens with zero attached hydrogens (tertiary/aromatic N) is 1. The van der Waals surface area contributed by atoms with E-state index in [0.29, 0.717) is 23.0 Å². The number of hydrogen-bond acceptors (Lipinski definition) is 7. The number of ether oxygens (including phenoxy) is 2. The molecule has 0 aromatic heterocycles. The first-order valence-corrected chi connectivity index (χ1v) is 10.4. The molecule has 9 heteroatoms. The van der Waals surface area contributed by atoms with Crippen molar-refractivity contribution in [1.29, 1.82) is 0 Å². The molecule has 3 rings (SSSR count). The van der Waals surface area contributed by atoms with Crippen molar-refractivity contribution >= 4 is 40.6 Å². The number of carboxylic acids is 1. The van der Waals surface area contributed by atoms with Crippen molar-refractivity contribution in [2.45, 2.75) is 19.8 Å². The third kappa shape index (κ3) is 5.58. The van der Waals surface area contributed by atoms with Crippen LogP contribution in [0.4, 0.5) is 5.69 Å². The maximum Gasteiger partial charge on any atom is 0.338 e. The fourth-order valence-electron chi connectivity index (χ4n) is 2.75. The summed E-state index contributed by atoms with van der Waals surface area (Å²) in [5.74, 6) is -0.549. The van der Waals surface area contributed by atoms with Crippen LogP contribution in [0.3, 0.4) is 0 Å². The lowest BCUT2D eigenvalue weighted by Gasteiger charge is -2.11. The Bertz CT molecular complexity index is 1060. The number of phenols is 1. The lowest BCUT2D eigenvalue weighted by atomic mass is 10.2. The minimum atomic E-state index is -1.23. The van der Waals surface area contributed by atoms with Gasteiger partial charge in [-0.1, -0.05) is 19.4 Å². The summed E-state index contributed by atoms with van der Waals surface area (Å²) in [6.07, 6.45) is 3.66. The normalized spacial score (nSPS) is 15.9. The molecule has 2 aromatic rings. The van der Waals surface area contributed by atoms with Gasteiger partial charge in [-0.25, -0.2) is 9.79 Å². The molecule has 0 atom stereocenters. The number of rotatable bonds is 8. The molecule has 0 saturated carbocycles. The van der Waals surface area contributed by atoms with Crippen LogP contribution in [-0.2, 0) is 4.79 Å². The first-order valence-electron chi connectivity index (χ1n) is 9.58. The highest BCUT2D eigenvalue weighted by Gasteiger charge is 2.25. The summed E-state index contributed by atoms with van der Waals surface area (Å²) in [6.45, 7) is 2.68.